The summed E-state index contributed by atoms with van der Waals surface area (Å²) >= 11 is 6.06. The Morgan fingerprint density at radius 2 is 2.36 bits per heavy atom. The minimum absolute atomic E-state index is 0.227. The van der Waals surface area contributed by atoms with Crippen molar-refractivity contribution in [3.63, 3.8) is 0 Å². The lowest BCUT2D eigenvalue weighted by Gasteiger charge is -2.13. The second kappa shape index (κ2) is 2.71. The monoisotopic (exact) mass is 211 g/mol. The second-order valence-electron chi connectivity index (χ2n) is 4.31. The number of rotatable bonds is 1. The molecule has 1 aromatic carbocycles. The van der Waals surface area contributed by atoms with Crippen LogP contribution in [-0.4, -0.2) is 13.1 Å². The molecule has 74 valence electrons. The number of benzene rings is 1. The third-order valence-corrected chi connectivity index (χ3v) is 3.84. The van der Waals surface area contributed by atoms with E-state index < -0.39 is 0 Å². The van der Waals surface area contributed by atoms with Crippen LogP contribution < -0.4 is 5.32 Å². The topological polar surface area (TPSA) is 12.0 Å². The standard InChI is InChI=1S/C11H11ClFN/c12-10-3-8(13)1-2-9(10)11-4-7(11)5-14-6-11/h1-3,7,14H,4-6H2. The lowest BCUT2D eigenvalue weighted by molar-refractivity contribution is 0.622. The molecule has 1 saturated carbocycles. The van der Waals surface area contributed by atoms with Gasteiger partial charge in [0.1, 0.15) is 5.82 Å². The van der Waals surface area contributed by atoms with E-state index in [1.807, 2.05) is 6.07 Å². The van der Waals surface area contributed by atoms with E-state index in [1.165, 1.54) is 18.6 Å². The average molecular weight is 212 g/mol. The molecule has 0 bridgehead atoms. The molecule has 1 saturated heterocycles. The van der Waals surface area contributed by atoms with Crippen molar-refractivity contribution in [2.24, 2.45) is 5.92 Å². The number of piperidine rings is 1. The zero-order valence-corrected chi connectivity index (χ0v) is 8.44. The molecule has 0 amide bonds. The minimum Gasteiger partial charge on any atom is -0.316 e. The van der Waals surface area contributed by atoms with Gasteiger partial charge in [0.05, 0.1) is 0 Å². The van der Waals surface area contributed by atoms with Crippen molar-refractivity contribution in [1.82, 2.24) is 5.32 Å². The Bertz CT molecular complexity index is 393. The highest BCUT2D eigenvalue weighted by molar-refractivity contribution is 6.31. The molecule has 1 aliphatic carbocycles. The van der Waals surface area contributed by atoms with Gasteiger partial charge in [0.2, 0.25) is 0 Å². The maximum Gasteiger partial charge on any atom is 0.124 e. The van der Waals surface area contributed by atoms with Gasteiger partial charge >= 0.3 is 0 Å². The van der Waals surface area contributed by atoms with Gasteiger partial charge in [0, 0.05) is 17.0 Å². The van der Waals surface area contributed by atoms with E-state index in [2.05, 4.69) is 5.32 Å². The first-order chi connectivity index (χ1) is 6.72. The number of fused-ring (bicyclic) bond motifs is 1. The minimum atomic E-state index is -0.252. The van der Waals surface area contributed by atoms with E-state index in [1.54, 1.807) is 0 Å². The molecule has 1 aromatic rings. The third kappa shape index (κ3) is 1.04. The van der Waals surface area contributed by atoms with Gasteiger partial charge in [-0.3, -0.25) is 0 Å². The van der Waals surface area contributed by atoms with E-state index in [0.717, 1.165) is 18.7 Å². The van der Waals surface area contributed by atoms with Gasteiger partial charge in [-0.1, -0.05) is 17.7 Å². The first kappa shape index (κ1) is 8.69. The molecular weight excluding hydrogens is 201 g/mol. The molecule has 1 heterocycles. The number of hydrogen-bond acceptors (Lipinski definition) is 1. The van der Waals surface area contributed by atoms with Crippen molar-refractivity contribution >= 4 is 11.6 Å². The molecule has 3 rings (SSSR count). The normalized spacial score (nSPS) is 34.3. The van der Waals surface area contributed by atoms with Crippen LogP contribution in [0.3, 0.4) is 0 Å². The molecule has 0 spiro atoms. The van der Waals surface area contributed by atoms with Crippen molar-refractivity contribution in [2.75, 3.05) is 13.1 Å². The summed E-state index contributed by atoms with van der Waals surface area (Å²) < 4.78 is 12.9. The van der Waals surface area contributed by atoms with E-state index in [4.69, 9.17) is 11.6 Å². The Morgan fingerprint density at radius 3 is 2.93 bits per heavy atom. The van der Waals surface area contributed by atoms with Crippen molar-refractivity contribution in [2.45, 2.75) is 11.8 Å². The van der Waals surface area contributed by atoms with E-state index in [9.17, 15) is 4.39 Å². The van der Waals surface area contributed by atoms with Crippen LogP contribution >= 0.6 is 11.6 Å². The fourth-order valence-corrected chi connectivity index (χ4v) is 3.01. The summed E-state index contributed by atoms with van der Waals surface area (Å²) in [6, 6.07) is 4.76. The molecule has 14 heavy (non-hydrogen) atoms. The van der Waals surface area contributed by atoms with E-state index in [0.29, 0.717) is 10.9 Å². The van der Waals surface area contributed by atoms with E-state index in [-0.39, 0.29) is 11.2 Å². The van der Waals surface area contributed by atoms with Crippen molar-refractivity contribution in [1.29, 1.82) is 0 Å². The van der Waals surface area contributed by atoms with Crippen LogP contribution in [-0.2, 0) is 5.41 Å². The summed E-state index contributed by atoms with van der Waals surface area (Å²) in [5, 5.41) is 3.93. The molecule has 1 N–H and O–H groups in total. The zero-order chi connectivity index (χ0) is 9.76. The van der Waals surface area contributed by atoms with Crippen LogP contribution in [0.1, 0.15) is 12.0 Å². The predicted octanol–water partition coefficient (Wildman–Crippen LogP) is 2.34. The summed E-state index contributed by atoms with van der Waals surface area (Å²) in [5.74, 6) is 0.462. The summed E-state index contributed by atoms with van der Waals surface area (Å²) in [6.07, 6.45) is 1.20. The molecule has 0 radical (unpaired) electrons. The zero-order valence-electron chi connectivity index (χ0n) is 7.69. The Kier molecular flexibility index (Phi) is 1.68. The van der Waals surface area contributed by atoms with Crippen LogP contribution in [0.4, 0.5) is 4.39 Å². The van der Waals surface area contributed by atoms with E-state index >= 15 is 0 Å². The quantitative estimate of drug-likeness (QED) is 0.752. The van der Waals surface area contributed by atoms with Crippen molar-refractivity contribution in [3.8, 4) is 0 Å². The summed E-state index contributed by atoms with van der Waals surface area (Å²) in [4.78, 5) is 0. The summed E-state index contributed by atoms with van der Waals surface area (Å²) in [6.45, 7) is 2.07. The highest BCUT2D eigenvalue weighted by Crippen LogP contribution is 2.57. The van der Waals surface area contributed by atoms with Crippen LogP contribution in [0, 0.1) is 11.7 Å². The van der Waals surface area contributed by atoms with Crippen molar-refractivity contribution < 1.29 is 4.39 Å². The Labute approximate surface area is 87.3 Å². The Hall–Kier alpha value is -0.600. The molecule has 2 unspecified atom stereocenters. The smallest absolute Gasteiger partial charge is 0.124 e. The lowest BCUT2D eigenvalue weighted by Crippen LogP contribution is -2.19. The summed E-state index contributed by atoms with van der Waals surface area (Å²) in [7, 11) is 0. The maximum absolute atomic E-state index is 12.9. The van der Waals surface area contributed by atoms with Crippen molar-refractivity contribution in [3.05, 3.63) is 34.6 Å². The largest absolute Gasteiger partial charge is 0.316 e. The van der Waals surface area contributed by atoms with Crippen LogP contribution in [0.25, 0.3) is 0 Å². The first-order valence-corrected chi connectivity index (χ1v) is 5.26. The molecule has 0 aromatic heterocycles. The molecule has 3 heteroatoms. The number of hydrogen-bond donors (Lipinski definition) is 1. The van der Waals surface area contributed by atoms with Gasteiger partial charge in [-0.05, 0) is 36.6 Å². The molecular formula is C11H11ClFN. The molecule has 1 nitrogen and oxygen atoms in total. The average Bonchev–Trinajstić information content (AvgIpc) is 2.69. The van der Waals surface area contributed by atoms with Gasteiger partial charge in [0.15, 0.2) is 0 Å². The van der Waals surface area contributed by atoms with Gasteiger partial charge in [0.25, 0.3) is 0 Å². The van der Waals surface area contributed by atoms with Gasteiger partial charge < -0.3 is 5.32 Å². The highest BCUT2D eigenvalue weighted by Gasteiger charge is 2.58. The predicted molar refractivity (Wildman–Crippen MR) is 54.1 cm³/mol. The first-order valence-electron chi connectivity index (χ1n) is 4.89. The third-order valence-electron chi connectivity index (χ3n) is 3.53. The second-order valence-corrected chi connectivity index (χ2v) is 4.72. The fourth-order valence-electron chi connectivity index (χ4n) is 2.65. The van der Waals surface area contributed by atoms with Gasteiger partial charge in [-0.15, -0.1) is 0 Å². The Balaban J connectivity index is 2.05. The molecule has 2 fully saturated rings. The van der Waals surface area contributed by atoms with Gasteiger partial charge in [-0.2, -0.15) is 0 Å². The fraction of sp³-hybridized carbons (Fsp3) is 0.455. The summed E-state index contributed by atoms with van der Waals surface area (Å²) in [5.41, 5.74) is 1.35. The van der Waals surface area contributed by atoms with Crippen LogP contribution in [0.5, 0.6) is 0 Å². The van der Waals surface area contributed by atoms with Gasteiger partial charge in [-0.25, -0.2) is 4.39 Å². The van der Waals surface area contributed by atoms with Crippen LogP contribution in [0.15, 0.2) is 18.2 Å². The molecule has 2 atom stereocenters. The molecule has 1 aliphatic heterocycles. The lowest BCUT2D eigenvalue weighted by atomic mass is 9.95. The number of halogens is 2. The molecule has 2 aliphatic rings. The van der Waals surface area contributed by atoms with Crippen LogP contribution in [0.2, 0.25) is 5.02 Å². The maximum atomic E-state index is 12.9. The highest BCUT2D eigenvalue weighted by atomic mass is 35.5. The Morgan fingerprint density at radius 1 is 1.50 bits per heavy atom. The SMILES string of the molecule is Fc1ccc(C23CNCC2C3)c(Cl)c1. The number of nitrogens with one attached hydrogen (secondary N) is 1.